The zero-order valence-electron chi connectivity index (χ0n) is 14.5. The molecular weight excluding hydrogens is 402 g/mol. The number of nitrogens with zero attached hydrogens (tertiary/aromatic N) is 3. The van der Waals surface area contributed by atoms with Crippen molar-refractivity contribution in [2.75, 3.05) is 0 Å². The number of allylic oxidation sites excluding steroid dienone is 1. The van der Waals surface area contributed by atoms with Crippen LogP contribution in [-0.4, -0.2) is 19.9 Å². The molecule has 0 unspecified atom stereocenters. The van der Waals surface area contributed by atoms with Crippen molar-refractivity contribution < 1.29 is 13.9 Å². The number of phenolic OH excluding ortho intramolecular Hbond substituents is 1. The van der Waals surface area contributed by atoms with E-state index in [2.05, 4.69) is 16.8 Å². The fraction of sp³-hybridized carbons (Fsp3) is 0.105. The van der Waals surface area contributed by atoms with Gasteiger partial charge in [0, 0.05) is 29.8 Å². The lowest BCUT2D eigenvalue weighted by atomic mass is 10.1. The fourth-order valence-electron chi connectivity index (χ4n) is 2.77. The Labute approximate surface area is 168 Å². The topological polar surface area (TPSA) is 94.3 Å². The third kappa shape index (κ3) is 3.44. The predicted octanol–water partition coefficient (Wildman–Crippen LogP) is 4.48. The summed E-state index contributed by atoms with van der Waals surface area (Å²) in [7, 11) is 0. The SMILES string of the molecule is C=CCn1c(SCc2cc(=O)oc3cc(O)c(Cl)cc23)nnc1-c1ccco1. The van der Waals surface area contributed by atoms with Crippen molar-refractivity contribution in [3.63, 3.8) is 0 Å². The Hall–Kier alpha value is -2.97. The van der Waals surface area contributed by atoms with Gasteiger partial charge in [-0.2, -0.15) is 0 Å². The molecule has 0 atom stereocenters. The molecule has 1 N–H and O–H groups in total. The van der Waals surface area contributed by atoms with Crippen LogP contribution in [0.15, 0.2) is 68.0 Å². The number of phenols is 1. The van der Waals surface area contributed by atoms with E-state index in [4.69, 9.17) is 20.4 Å². The second-order valence-electron chi connectivity index (χ2n) is 5.86. The number of halogens is 1. The number of furan rings is 1. The monoisotopic (exact) mass is 415 g/mol. The lowest BCUT2D eigenvalue weighted by Crippen LogP contribution is -2.02. The Morgan fingerprint density at radius 2 is 2.18 bits per heavy atom. The van der Waals surface area contributed by atoms with E-state index < -0.39 is 5.63 Å². The lowest BCUT2D eigenvalue weighted by molar-refractivity contribution is 0.473. The molecular formula is C19H14ClN3O4S. The van der Waals surface area contributed by atoms with Crippen molar-refractivity contribution in [1.29, 1.82) is 0 Å². The van der Waals surface area contributed by atoms with E-state index in [0.717, 1.165) is 0 Å². The van der Waals surface area contributed by atoms with Crippen LogP contribution in [0.3, 0.4) is 0 Å². The van der Waals surface area contributed by atoms with E-state index in [1.165, 1.54) is 23.9 Å². The lowest BCUT2D eigenvalue weighted by Gasteiger charge is -2.08. The normalized spacial score (nSPS) is 11.2. The van der Waals surface area contributed by atoms with Crippen LogP contribution < -0.4 is 5.63 Å². The van der Waals surface area contributed by atoms with Gasteiger partial charge in [0.1, 0.15) is 11.3 Å². The molecule has 9 heteroatoms. The number of hydrogen-bond donors (Lipinski definition) is 1. The molecule has 0 radical (unpaired) electrons. The molecule has 0 amide bonds. The molecule has 0 saturated heterocycles. The second kappa shape index (κ2) is 7.57. The summed E-state index contributed by atoms with van der Waals surface area (Å²) >= 11 is 7.42. The zero-order chi connectivity index (χ0) is 19.7. The molecule has 0 fully saturated rings. The molecule has 0 aliphatic rings. The van der Waals surface area contributed by atoms with Gasteiger partial charge in [-0.1, -0.05) is 29.4 Å². The number of thioether (sulfide) groups is 1. The maximum Gasteiger partial charge on any atom is 0.336 e. The molecule has 1 aromatic carbocycles. The third-order valence-corrected chi connectivity index (χ3v) is 5.34. The van der Waals surface area contributed by atoms with Crippen molar-refractivity contribution in [1.82, 2.24) is 14.8 Å². The first-order valence-electron chi connectivity index (χ1n) is 8.23. The van der Waals surface area contributed by atoms with Gasteiger partial charge >= 0.3 is 5.63 Å². The summed E-state index contributed by atoms with van der Waals surface area (Å²) in [6, 6.07) is 7.91. The van der Waals surface area contributed by atoms with Crippen molar-refractivity contribution in [2.24, 2.45) is 0 Å². The third-order valence-electron chi connectivity index (χ3n) is 4.02. The van der Waals surface area contributed by atoms with E-state index >= 15 is 0 Å². The van der Waals surface area contributed by atoms with Crippen molar-refractivity contribution in [3.05, 3.63) is 70.3 Å². The van der Waals surface area contributed by atoms with Crippen LogP contribution in [0.25, 0.3) is 22.6 Å². The number of hydrogen-bond acceptors (Lipinski definition) is 7. The minimum atomic E-state index is -0.506. The molecule has 4 aromatic rings. The van der Waals surface area contributed by atoms with Gasteiger partial charge in [-0.3, -0.25) is 4.57 Å². The molecule has 0 saturated carbocycles. The zero-order valence-corrected chi connectivity index (χ0v) is 16.0. The van der Waals surface area contributed by atoms with E-state index in [1.54, 1.807) is 24.5 Å². The average Bonchev–Trinajstić information content (AvgIpc) is 3.31. The van der Waals surface area contributed by atoms with E-state index in [1.807, 2.05) is 10.6 Å². The molecule has 0 spiro atoms. The number of fused-ring (bicyclic) bond motifs is 1. The number of rotatable bonds is 6. The minimum Gasteiger partial charge on any atom is -0.506 e. The first-order valence-corrected chi connectivity index (χ1v) is 9.59. The van der Waals surface area contributed by atoms with Crippen LogP contribution in [0, 0.1) is 0 Å². The van der Waals surface area contributed by atoms with Crippen LogP contribution in [0.5, 0.6) is 5.75 Å². The Bertz CT molecular complexity index is 1210. The summed E-state index contributed by atoms with van der Waals surface area (Å²) in [5, 5.41) is 19.7. The summed E-state index contributed by atoms with van der Waals surface area (Å²) in [4.78, 5) is 11.9. The van der Waals surface area contributed by atoms with Crippen LogP contribution in [0.4, 0.5) is 0 Å². The molecule has 142 valence electrons. The summed E-state index contributed by atoms with van der Waals surface area (Å²) in [6.07, 6.45) is 3.32. The van der Waals surface area contributed by atoms with Crippen LogP contribution in [-0.2, 0) is 12.3 Å². The second-order valence-corrected chi connectivity index (χ2v) is 7.21. The highest BCUT2D eigenvalue weighted by atomic mass is 35.5. The summed E-state index contributed by atoms with van der Waals surface area (Å²) in [5.41, 5.74) is 0.480. The van der Waals surface area contributed by atoms with Gasteiger partial charge in [-0.15, -0.1) is 16.8 Å². The molecule has 7 nitrogen and oxygen atoms in total. The molecule has 0 aliphatic heterocycles. The van der Waals surface area contributed by atoms with Gasteiger partial charge in [-0.25, -0.2) is 4.79 Å². The number of aromatic hydroxyl groups is 1. The minimum absolute atomic E-state index is 0.143. The predicted molar refractivity (Wildman–Crippen MR) is 107 cm³/mol. The Kier molecular flexibility index (Phi) is 4.97. The van der Waals surface area contributed by atoms with E-state index in [-0.39, 0.29) is 16.4 Å². The van der Waals surface area contributed by atoms with Crippen molar-refractivity contribution in [3.8, 4) is 17.3 Å². The standard InChI is InChI=1S/C19H14ClN3O4S/c1-2-5-23-18(15-4-3-6-26-15)21-22-19(23)28-10-11-7-17(25)27-16-9-14(24)13(20)8-12(11)16/h2-4,6-9,24H,1,5,10H2. The fourth-order valence-corrected chi connectivity index (χ4v) is 3.88. The smallest absolute Gasteiger partial charge is 0.336 e. The van der Waals surface area contributed by atoms with E-state index in [9.17, 15) is 9.90 Å². The largest absolute Gasteiger partial charge is 0.506 e. The molecule has 3 heterocycles. The molecule has 4 rings (SSSR count). The number of aromatic nitrogens is 3. The van der Waals surface area contributed by atoms with Crippen LogP contribution in [0.2, 0.25) is 5.02 Å². The first-order chi connectivity index (χ1) is 13.6. The van der Waals surface area contributed by atoms with Gasteiger partial charge in [0.15, 0.2) is 10.9 Å². The summed E-state index contributed by atoms with van der Waals surface area (Å²) in [6.45, 7) is 4.28. The summed E-state index contributed by atoms with van der Waals surface area (Å²) in [5.74, 6) is 1.49. The van der Waals surface area contributed by atoms with Gasteiger partial charge in [-0.05, 0) is 23.8 Å². The highest BCUT2D eigenvalue weighted by Crippen LogP contribution is 2.33. The van der Waals surface area contributed by atoms with Crippen LogP contribution >= 0.6 is 23.4 Å². The van der Waals surface area contributed by atoms with Gasteiger partial charge < -0.3 is 13.9 Å². The maximum atomic E-state index is 11.9. The summed E-state index contributed by atoms with van der Waals surface area (Å²) < 4.78 is 12.5. The highest BCUT2D eigenvalue weighted by Gasteiger charge is 2.17. The molecule has 28 heavy (non-hydrogen) atoms. The van der Waals surface area contributed by atoms with E-state index in [0.29, 0.717) is 40.0 Å². The Morgan fingerprint density at radius 1 is 1.32 bits per heavy atom. The quantitative estimate of drug-likeness (QED) is 0.282. The number of benzene rings is 1. The first kappa shape index (κ1) is 18.4. The van der Waals surface area contributed by atoms with Gasteiger partial charge in [0.25, 0.3) is 0 Å². The molecule has 0 aliphatic carbocycles. The van der Waals surface area contributed by atoms with Crippen LogP contribution in [0.1, 0.15) is 5.56 Å². The Morgan fingerprint density at radius 3 is 2.93 bits per heavy atom. The highest BCUT2D eigenvalue weighted by molar-refractivity contribution is 7.98. The van der Waals surface area contributed by atoms with Gasteiger partial charge in [0.2, 0.25) is 5.82 Å². The average molecular weight is 416 g/mol. The maximum absolute atomic E-state index is 11.9. The molecule has 0 bridgehead atoms. The van der Waals surface area contributed by atoms with Crippen molar-refractivity contribution >= 4 is 34.3 Å². The van der Waals surface area contributed by atoms with Crippen molar-refractivity contribution in [2.45, 2.75) is 17.5 Å². The molecule has 3 aromatic heterocycles. The Balaban J connectivity index is 1.69. The van der Waals surface area contributed by atoms with Gasteiger partial charge in [0.05, 0.1) is 11.3 Å².